The maximum atomic E-state index is 11.9. The average Bonchev–Trinajstić information content (AvgIpc) is 2.50. The molecule has 0 spiro atoms. The van der Waals surface area contributed by atoms with Crippen LogP contribution in [0.1, 0.15) is 33.3 Å². The Bertz CT molecular complexity index is 694. The lowest BCUT2D eigenvalue weighted by Gasteiger charge is -2.30. The van der Waals surface area contributed by atoms with Crippen LogP contribution in [0.5, 0.6) is 0 Å². The van der Waals surface area contributed by atoms with Crippen LogP contribution in [0.15, 0.2) is 36.5 Å². The van der Waals surface area contributed by atoms with Gasteiger partial charge in [0.25, 0.3) is 0 Å². The van der Waals surface area contributed by atoms with E-state index < -0.39 is 11.7 Å². The summed E-state index contributed by atoms with van der Waals surface area (Å²) in [5.41, 5.74) is 7.04. The largest absolute Gasteiger partial charge is 0.444 e. The third-order valence-electron chi connectivity index (χ3n) is 3.78. The first-order valence-electron chi connectivity index (χ1n) is 7.76. The first-order chi connectivity index (χ1) is 10.7. The summed E-state index contributed by atoms with van der Waals surface area (Å²) in [4.78, 5) is 16.3. The van der Waals surface area contributed by atoms with Crippen molar-refractivity contribution in [2.24, 2.45) is 5.73 Å². The Morgan fingerprint density at radius 3 is 2.65 bits per heavy atom. The monoisotopic (exact) mass is 315 g/mol. The number of benzene rings is 1. The van der Waals surface area contributed by atoms with Crippen LogP contribution in [0.25, 0.3) is 10.9 Å². The molecule has 0 aliphatic rings. The van der Waals surface area contributed by atoms with Crippen LogP contribution in [0.4, 0.5) is 4.79 Å². The van der Waals surface area contributed by atoms with Crippen LogP contribution in [0.2, 0.25) is 0 Å². The molecule has 0 bridgehead atoms. The molecule has 5 nitrogen and oxygen atoms in total. The number of hydrogen-bond acceptors (Lipinski definition) is 4. The molecule has 0 saturated carbocycles. The second kappa shape index (κ2) is 6.54. The minimum atomic E-state index is -0.518. The number of carbonyl (C=O) groups excluding carboxylic acids is 1. The lowest BCUT2D eigenvalue weighted by molar-refractivity contribution is 0.0516. The van der Waals surface area contributed by atoms with Crippen molar-refractivity contribution in [3.05, 3.63) is 42.1 Å². The smallest absolute Gasteiger partial charge is 0.407 e. The summed E-state index contributed by atoms with van der Waals surface area (Å²) in [6.45, 7) is 8.34. The number of fused-ring (bicyclic) bond motifs is 1. The summed E-state index contributed by atoms with van der Waals surface area (Å²) >= 11 is 0. The molecule has 1 unspecified atom stereocenters. The molecule has 0 fully saturated rings. The molecule has 0 radical (unpaired) electrons. The summed E-state index contributed by atoms with van der Waals surface area (Å²) in [5, 5.41) is 3.90. The molecule has 23 heavy (non-hydrogen) atoms. The molecule has 1 amide bonds. The van der Waals surface area contributed by atoms with E-state index in [4.69, 9.17) is 10.5 Å². The Kier molecular flexibility index (Phi) is 4.90. The van der Waals surface area contributed by atoms with Crippen molar-refractivity contribution < 1.29 is 9.53 Å². The van der Waals surface area contributed by atoms with Gasteiger partial charge in [0.2, 0.25) is 0 Å². The highest BCUT2D eigenvalue weighted by Crippen LogP contribution is 2.25. The SMILES string of the molecule is CC(C)(C)OC(=O)NCC(C)(CN)c1ccc2cccnc2c1. The number of nitrogens with zero attached hydrogens (tertiary/aromatic N) is 1. The number of alkyl carbamates (subject to hydrolysis) is 1. The summed E-state index contributed by atoms with van der Waals surface area (Å²) < 4.78 is 5.28. The Hall–Kier alpha value is -2.14. The summed E-state index contributed by atoms with van der Waals surface area (Å²) in [7, 11) is 0. The van der Waals surface area contributed by atoms with Crippen LogP contribution in [-0.2, 0) is 10.2 Å². The first kappa shape index (κ1) is 17.2. The van der Waals surface area contributed by atoms with E-state index in [1.165, 1.54) is 0 Å². The topological polar surface area (TPSA) is 77.2 Å². The lowest BCUT2D eigenvalue weighted by Crippen LogP contribution is -2.45. The van der Waals surface area contributed by atoms with Crippen LogP contribution in [0, 0.1) is 0 Å². The van der Waals surface area contributed by atoms with E-state index in [1.54, 1.807) is 6.20 Å². The van der Waals surface area contributed by atoms with E-state index in [-0.39, 0.29) is 5.41 Å². The quantitative estimate of drug-likeness (QED) is 0.909. The van der Waals surface area contributed by atoms with Gasteiger partial charge < -0.3 is 15.8 Å². The maximum absolute atomic E-state index is 11.9. The molecule has 3 N–H and O–H groups in total. The Morgan fingerprint density at radius 2 is 2.00 bits per heavy atom. The van der Waals surface area contributed by atoms with Crippen LogP contribution < -0.4 is 11.1 Å². The number of pyridine rings is 1. The van der Waals surface area contributed by atoms with Crippen molar-refractivity contribution in [2.45, 2.75) is 38.7 Å². The molecular weight excluding hydrogens is 290 g/mol. The van der Waals surface area contributed by atoms with Gasteiger partial charge in [-0.15, -0.1) is 0 Å². The Labute approximate surface area is 137 Å². The number of nitrogens with two attached hydrogens (primary N) is 1. The Balaban J connectivity index is 2.16. The number of amides is 1. The van der Waals surface area contributed by atoms with Gasteiger partial charge >= 0.3 is 6.09 Å². The fourth-order valence-corrected chi connectivity index (χ4v) is 2.32. The normalized spacial score (nSPS) is 14.3. The Morgan fingerprint density at radius 1 is 1.26 bits per heavy atom. The van der Waals surface area contributed by atoms with E-state index in [1.807, 2.05) is 58.0 Å². The van der Waals surface area contributed by atoms with Gasteiger partial charge in [0, 0.05) is 30.1 Å². The van der Waals surface area contributed by atoms with Gasteiger partial charge in [-0.25, -0.2) is 4.79 Å². The fourth-order valence-electron chi connectivity index (χ4n) is 2.32. The van der Waals surface area contributed by atoms with Crippen LogP contribution in [0.3, 0.4) is 0 Å². The van der Waals surface area contributed by atoms with Gasteiger partial charge in [-0.2, -0.15) is 0 Å². The second-order valence-electron chi connectivity index (χ2n) is 7.03. The lowest BCUT2D eigenvalue weighted by atomic mass is 9.82. The average molecular weight is 315 g/mol. The van der Waals surface area contributed by atoms with E-state index >= 15 is 0 Å². The molecule has 2 aromatic rings. The zero-order chi connectivity index (χ0) is 17.1. The number of nitrogens with one attached hydrogen (secondary N) is 1. The second-order valence-corrected chi connectivity index (χ2v) is 7.03. The number of ether oxygens (including phenoxy) is 1. The van der Waals surface area contributed by atoms with Gasteiger partial charge in [-0.1, -0.05) is 25.1 Å². The zero-order valence-electron chi connectivity index (χ0n) is 14.2. The molecule has 0 saturated heterocycles. The molecule has 124 valence electrons. The number of hydrogen-bond donors (Lipinski definition) is 2. The van der Waals surface area contributed by atoms with E-state index in [0.29, 0.717) is 13.1 Å². The first-order valence-corrected chi connectivity index (χ1v) is 7.76. The van der Waals surface area contributed by atoms with Crippen molar-refractivity contribution in [3.63, 3.8) is 0 Å². The third-order valence-corrected chi connectivity index (χ3v) is 3.78. The molecule has 2 rings (SSSR count). The van der Waals surface area contributed by atoms with Crippen molar-refractivity contribution in [1.29, 1.82) is 0 Å². The molecule has 0 aliphatic carbocycles. The highest BCUT2D eigenvalue weighted by molar-refractivity contribution is 5.79. The molecule has 1 atom stereocenters. The summed E-state index contributed by atoms with van der Waals surface area (Å²) in [6.07, 6.45) is 1.33. The zero-order valence-corrected chi connectivity index (χ0v) is 14.2. The maximum Gasteiger partial charge on any atom is 0.407 e. The van der Waals surface area contributed by atoms with E-state index in [9.17, 15) is 4.79 Å². The molecule has 1 heterocycles. The van der Waals surface area contributed by atoms with Crippen LogP contribution in [-0.4, -0.2) is 29.8 Å². The highest BCUT2D eigenvalue weighted by atomic mass is 16.6. The van der Waals surface area contributed by atoms with Gasteiger partial charge in [-0.3, -0.25) is 4.98 Å². The number of aromatic nitrogens is 1. The van der Waals surface area contributed by atoms with Crippen molar-refractivity contribution in [1.82, 2.24) is 10.3 Å². The van der Waals surface area contributed by atoms with Crippen molar-refractivity contribution in [3.8, 4) is 0 Å². The molecule has 1 aromatic heterocycles. The van der Waals surface area contributed by atoms with E-state index in [0.717, 1.165) is 16.5 Å². The molecular formula is C18H25N3O2. The van der Waals surface area contributed by atoms with Crippen molar-refractivity contribution >= 4 is 17.0 Å². The number of carbonyl (C=O) groups is 1. The van der Waals surface area contributed by atoms with Gasteiger partial charge in [-0.05, 0) is 38.5 Å². The standard InChI is InChI=1S/C18H25N3O2/c1-17(2,3)23-16(22)21-12-18(4,11-19)14-8-7-13-6-5-9-20-15(13)10-14/h5-10H,11-12,19H2,1-4H3,(H,21,22). The summed E-state index contributed by atoms with van der Waals surface area (Å²) in [5.74, 6) is 0. The van der Waals surface area contributed by atoms with Crippen molar-refractivity contribution in [2.75, 3.05) is 13.1 Å². The highest BCUT2D eigenvalue weighted by Gasteiger charge is 2.27. The molecule has 0 aliphatic heterocycles. The van der Waals surface area contributed by atoms with E-state index in [2.05, 4.69) is 10.3 Å². The number of rotatable bonds is 4. The van der Waals surface area contributed by atoms with Crippen LogP contribution >= 0.6 is 0 Å². The molecule has 5 heteroatoms. The third kappa shape index (κ3) is 4.42. The molecule has 1 aromatic carbocycles. The summed E-state index contributed by atoms with van der Waals surface area (Å²) in [6, 6.07) is 10.0. The predicted octanol–water partition coefficient (Wildman–Crippen LogP) is 2.98. The van der Waals surface area contributed by atoms with Gasteiger partial charge in [0.05, 0.1) is 5.52 Å². The fraction of sp³-hybridized carbons (Fsp3) is 0.444. The minimum Gasteiger partial charge on any atom is -0.444 e. The predicted molar refractivity (Wildman–Crippen MR) is 92.4 cm³/mol. The van der Waals surface area contributed by atoms with Gasteiger partial charge in [0.15, 0.2) is 0 Å². The minimum absolute atomic E-state index is 0.386. The van der Waals surface area contributed by atoms with Gasteiger partial charge in [0.1, 0.15) is 5.60 Å².